The van der Waals surface area contributed by atoms with E-state index >= 15 is 0 Å². The van der Waals surface area contributed by atoms with Crippen molar-refractivity contribution in [1.29, 1.82) is 0 Å². The van der Waals surface area contributed by atoms with Crippen molar-refractivity contribution >= 4 is 16.9 Å². The van der Waals surface area contributed by atoms with Crippen LogP contribution < -0.4 is 5.56 Å². The number of azo groups is 1. The number of fused-ring (bicyclic) bond motifs is 1. The Morgan fingerprint density at radius 1 is 1.00 bits per heavy atom. The molecule has 2 aromatic carbocycles. The highest BCUT2D eigenvalue weighted by Crippen LogP contribution is 2.19. The predicted octanol–water partition coefficient (Wildman–Crippen LogP) is 4.66. The Hall–Kier alpha value is -2.82. The smallest absolute Gasteiger partial charge is 0.267 e. The van der Waals surface area contributed by atoms with Crippen LogP contribution in [-0.4, -0.2) is 15.6 Å². The van der Waals surface area contributed by atoms with Gasteiger partial charge in [-0.25, -0.2) is 9.55 Å². The summed E-state index contributed by atoms with van der Waals surface area (Å²) in [4.78, 5) is 17.5. The van der Waals surface area contributed by atoms with Gasteiger partial charge in [-0.1, -0.05) is 44.2 Å². The molecule has 0 N–H and O–H groups in total. The first-order chi connectivity index (χ1) is 11.7. The summed E-state index contributed by atoms with van der Waals surface area (Å²) in [5.41, 5.74) is 1.23. The molecule has 0 saturated heterocycles. The number of hydrogen-bond donors (Lipinski definition) is 0. The van der Waals surface area contributed by atoms with Gasteiger partial charge in [0.15, 0.2) is 0 Å². The molecule has 0 saturated carbocycles. The van der Waals surface area contributed by atoms with Crippen LogP contribution in [-0.2, 0) is 0 Å². The van der Waals surface area contributed by atoms with Gasteiger partial charge in [-0.3, -0.25) is 4.79 Å². The van der Waals surface area contributed by atoms with Crippen LogP contribution in [0.5, 0.6) is 0 Å². The van der Waals surface area contributed by atoms with Gasteiger partial charge in [-0.15, -0.1) is 5.11 Å². The van der Waals surface area contributed by atoms with Gasteiger partial charge in [0.25, 0.3) is 11.5 Å². The van der Waals surface area contributed by atoms with Crippen LogP contribution in [0.4, 0.5) is 5.95 Å². The fourth-order valence-electron chi connectivity index (χ4n) is 2.58. The van der Waals surface area contributed by atoms with Gasteiger partial charge in [0.05, 0.1) is 22.6 Å². The van der Waals surface area contributed by atoms with E-state index in [1.54, 1.807) is 6.07 Å². The molecule has 0 aliphatic carbocycles. The van der Waals surface area contributed by atoms with E-state index in [-0.39, 0.29) is 11.6 Å². The van der Waals surface area contributed by atoms with Crippen molar-refractivity contribution in [3.05, 3.63) is 65.0 Å². The van der Waals surface area contributed by atoms with Crippen molar-refractivity contribution < 1.29 is 0 Å². The first-order valence-electron chi connectivity index (χ1n) is 8.22. The second-order valence-corrected chi connectivity index (χ2v) is 5.59. The summed E-state index contributed by atoms with van der Waals surface area (Å²) in [6.07, 6.45) is 1.81. The summed E-state index contributed by atoms with van der Waals surface area (Å²) in [5.74, 6) is 0.316. The quantitative estimate of drug-likeness (QED) is 0.642. The van der Waals surface area contributed by atoms with Gasteiger partial charge in [0.2, 0.25) is 0 Å². The molecule has 0 aliphatic heterocycles. The van der Waals surface area contributed by atoms with Gasteiger partial charge in [0.1, 0.15) is 0 Å². The van der Waals surface area contributed by atoms with Gasteiger partial charge in [0, 0.05) is 0 Å². The third-order valence-corrected chi connectivity index (χ3v) is 4.03. The lowest BCUT2D eigenvalue weighted by Gasteiger charge is -2.10. The van der Waals surface area contributed by atoms with E-state index in [0.29, 0.717) is 16.9 Å². The van der Waals surface area contributed by atoms with Crippen LogP contribution in [0.15, 0.2) is 69.6 Å². The molecule has 0 aliphatic rings. The highest BCUT2D eigenvalue weighted by molar-refractivity contribution is 5.78. The van der Waals surface area contributed by atoms with Crippen LogP contribution in [0, 0.1) is 0 Å². The summed E-state index contributed by atoms with van der Waals surface area (Å²) >= 11 is 0. The Balaban J connectivity index is 2.24. The molecular weight excluding hydrogens is 300 g/mol. The standard InChI is InChI=1S/C19H20N4O/c1-3-14(4-2)21-22-19-20-17-13-9-8-12-16(17)18(24)23(19)15-10-6-5-7-11-15/h5-14H,3-4H2,1-2H3. The van der Waals surface area contributed by atoms with Gasteiger partial charge >= 0.3 is 0 Å². The molecule has 122 valence electrons. The molecule has 0 atom stereocenters. The summed E-state index contributed by atoms with van der Waals surface area (Å²) in [7, 11) is 0. The Kier molecular flexibility index (Phi) is 4.79. The molecule has 3 rings (SSSR count). The molecule has 1 aromatic heterocycles. The molecule has 5 nitrogen and oxygen atoms in total. The Bertz CT molecular complexity index is 912. The van der Waals surface area contributed by atoms with Gasteiger partial charge in [-0.05, 0) is 37.1 Å². The second-order valence-electron chi connectivity index (χ2n) is 5.59. The van der Waals surface area contributed by atoms with Crippen molar-refractivity contribution in [2.45, 2.75) is 32.7 Å². The van der Waals surface area contributed by atoms with E-state index in [0.717, 1.165) is 18.5 Å². The normalized spacial score (nSPS) is 11.6. The highest BCUT2D eigenvalue weighted by atomic mass is 16.1. The number of nitrogens with zero attached hydrogens (tertiary/aromatic N) is 4. The van der Waals surface area contributed by atoms with Crippen LogP contribution >= 0.6 is 0 Å². The van der Waals surface area contributed by atoms with Crippen molar-refractivity contribution in [2.24, 2.45) is 10.2 Å². The lowest BCUT2D eigenvalue weighted by molar-refractivity contribution is 0.600. The SMILES string of the molecule is CCC(CC)N=Nc1nc2ccccc2c(=O)n1-c1ccccc1. The molecule has 0 radical (unpaired) electrons. The van der Waals surface area contributed by atoms with E-state index in [1.165, 1.54) is 4.57 Å². The van der Waals surface area contributed by atoms with Crippen molar-refractivity contribution in [1.82, 2.24) is 9.55 Å². The average Bonchev–Trinajstić information content (AvgIpc) is 2.63. The van der Waals surface area contributed by atoms with E-state index in [9.17, 15) is 4.79 Å². The van der Waals surface area contributed by atoms with E-state index in [2.05, 4.69) is 29.1 Å². The molecule has 0 fully saturated rings. The third kappa shape index (κ3) is 3.11. The van der Waals surface area contributed by atoms with Crippen molar-refractivity contribution in [3.8, 4) is 5.69 Å². The topological polar surface area (TPSA) is 59.6 Å². The number of rotatable bonds is 5. The maximum Gasteiger partial charge on any atom is 0.267 e. The summed E-state index contributed by atoms with van der Waals surface area (Å²) in [5, 5.41) is 9.25. The molecule has 1 heterocycles. The van der Waals surface area contributed by atoms with E-state index in [1.807, 2.05) is 48.5 Å². The summed E-state index contributed by atoms with van der Waals surface area (Å²) in [6.45, 7) is 4.15. The monoisotopic (exact) mass is 320 g/mol. The molecule has 24 heavy (non-hydrogen) atoms. The summed E-state index contributed by atoms with van der Waals surface area (Å²) < 4.78 is 1.52. The minimum atomic E-state index is -0.134. The third-order valence-electron chi connectivity index (χ3n) is 4.03. The first-order valence-corrected chi connectivity index (χ1v) is 8.22. The molecule has 0 amide bonds. The number of aromatic nitrogens is 2. The maximum absolute atomic E-state index is 13.0. The fraction of sp³-hybridized carbons (Fsp3) is 0.263. The van der Waals surface area contributed by atoms with Crippen LogP contribution in [0.1, 0.15) is 26.7 Å². The Morgan fingerprint density at radius 3 is 2.38 bits per heavy atom. The average molecular weight is 320 g/mol. The molecule has 0 bridgehead atoms. The van der Waals surface area contributed by atoms with E-state index < -0.39 is 0 Å². The lowest BCUT2D eigenvalue weighted by atomic mass is 10.2. The highest BCUT2D eigenvalue weighted by Gasteiger charge is 2.12. The first kappa shape index (κ1) is 16.1. The van der Waals surface area contributed by atoms with Crippen molar-refractivity contribution in [2.75, 3.05) is 0 Å². The van der Waals surface area contributed by atoms with Gasteiger partial charge in [-0.2, -0.15) is 5.11 Å². The minimum absolute atomic E-state index is 0.134. The van der Waals surface area contributed by atoms with Crippen LogP contribution in [0.2, 0.25) is 0 Å². The zero-order valence-corrected chi connectivity index (χ0v) is 13.9. The molecular formula is C19H20N4O. The summed E-state index contributed by atoms with van der Waals surface area (Å²) in [6, 6.07) is 16.9. The lowest BCUT2D eigenvalue weighted by Crippen LogP contribution is -2.19. The zero-order chi connectivity index (χ0) is 16.9. The zero-order valence-electron chi connectivity index (χ0n) is 13.9. The van der Waals surface area contributed by atoms with Crippen LogP contribution in [0.3, 0.4) is 0 Å². The van der Waals surface area contributed by atoms with E-state index in [4.69, 9.17) is 0 Å². The minimum Gasteiger partial charge on any atom is -0.268 e. The largest absolute Gasteiger partial charge is 0.268 e. The van der Waals surface area contributed by atoms with Gasteiger partial charge < -0.3 is 0 Å². The second kappa shape index (κ2) is 7.17. The van der Waals surface area contributed by atoms with Crippen LogP contribution in [0.25, 0.3) is 16.6 Å². The Morgan fingerprint density at radius 2 is 1.67 bits per heavy atom. The number of benzene rings is 2. The molecule has 5 heteroatoms. The fourth-order valence-corrected chi connectivity index (χ4v) is 2.58. The van der Waals surface area contributed by atoms with Crippen molar-refractivity contribution in [3.63, 3.8) is 0 Å². The maximum atomic E-state index is 13.0. The molecule has 3 aromatic rings. The molecule has 0 unspecified atom stereocenters. The molecule has 0 spiro atoms. The predicted molar refractivity (Wildman–Crippen MR) is 96.2 cm³/mol. The number of para-hydroxylation sites is 2. The Labute approximate surface area is 140 Å². The number of hydrogen-bond acceptors (Lipinski definition) is 4.